The molecule has 1 unspecified atom stereocenters. The first-order chi connectivity index (χ1) is 24.8. The summed E-state index contributed by atoms with van der Waals surface area (Å²) in [6.07, 6.45) is -0.274. The lowest BCUT2D eigenvalue weighted by atomic mass is 10.0. The zero-order valence-electron chi connectivity index (χ0n) is 27.0. The number of fused-ring (bicyclic) bond motifs is 6. The van der Waals surface area contributed by atoms with Gasteiger partial charge in [0.2, 0.25) is 0 Å². The van der Waals surface area contributed by atoms with E-state index in [1.54, 1.807) is 0 Å². The van der Waals surface area contributed by atoms with Crippen molar-refractivity contribution in [3.63, 3.8) is 0 Å². The maximum absolute atomic E-state index is 5.08. The number of hydrogen-bond donors (Lipinski definition) is 1. The largest absolute Gasteiger partial charge is 0.344 e. The monoisotopic (exact) mass is 658 g/mol. The van der Waals surface area contributed by atoms with Crippen LogP contribution >= 0.6 is 11.3 Å². The van der Waals surface area contributed by atoms with Crippen molar-refractivity contribution in [2.75, 3.05) is 0 Å². The number of benzene rings is 7. The van der Waals surface area contributed by atoms with Gasteiger partial charge >= 0.3 is 0 Å². The molecule has 1 atom stereocenters. The second kappa shape index (κ2) is 11.7. The lowest BCUT2D eigenvalue weighted by Gasteiger charge is -2.24. The molecule has 236 valence electrons. The number of rotatable bonds is 5. The summed E-state index contributed by atoms with van der Waals surface area (Å²) in [6.45, 7) is 0. The standard InChI is InChI=1S/C45H30N4S/c1-3-12-29(13-4-1)43-46-44(30-14-5-2-6-15-30)48-45(47-43)31-22-25-33(26-23-31)49-39-20-9-7-16-35(39)38-28-32(24-27-40(38)49)34-18-11-19-37-36-17-8-10-21-41(36)50-42(34)37/h1-28,45H,(H,46,47,48). The molecule has 2 aromatic heterocycles. The molecule has 7 aromatic carbocycles. The number of aliphatic imine (C=N–C) groups is 2. The van der Waals surface area contributed by atoms with E-state index >= 15 is 0 Å². The van der Waals surface area contributed by atoms with Crippen LogP contribution < -0.4 is 5.32 Å². The van der Waals surface area contributed by atoms with E-state index in [9.17, 15) is 0 Å². The van der Waals surface area contributed by atoms with E-state index in [0.29, 0.717) is 0 Å². The molecule has 0 saturated carbocycles. The molecular weight excluding hydrogens is 629 g/mol. The van der Waals surface area contributed by atoms with Crippen LogP contribution in [0.2, 0.25) is 0 Å². The molecule has 0 saturated heterocycles. The van der Waals surface area contributed by atoms with E-state index in [1.807, 2.05) is 47.7 Å². The Morgan fingerprint density at radius 2 is 1.20 bits per heavy atom. The molecule has 0 amide bonds. The zero-order valence-corrected chi connectivity index (χ0v) is 27.8. The second-order valence-corrected chi connectivity index (χ2v) is 13.7. The van der Waals surface area contributed by atoms with E-state index in [-0.39, 0.29) is 6.17 Å². The van der Waals surface area contributed by atoms with Crippen molar-refractivity contribution in [2.45, 2.75) is 6.17 Å². The van der Waals surface area contributed by atoms with Crippen molar-refractivity contribution >= 4 is 65.0 Å². The molecule has 1 aliphatic heterocycles. The minimum Gasteiger partial charge on any atom is -0.344 e. The maximum atomic E-state index is 5.08. The predicted molar refractivity (Wildman–Crippen MR) is 211 cm³/mol. The van der Waals surface area contributed by atoms with Crippen LogP contribution in [0.15, 0.2) is 180 Å². The Hall–Kier alpha value is -6.30. The van der Waals surface area contributed by atoms with Gasteiger partial charge < -0.3 is 9.88 Å². The SMILES string of the molecule is c1ccc(C2=NC(c3ccc(-n4c5ccccc5c5cc(-c6cccc7c6sc6ccccc67)ccc54)cc3)NC(c3ccccc3)=N2)cc1. The average molecular weight is 659 g/mol. The van der Waals surface area contributed by atoms with E-state index in [4.69, 9.17) is 9.98 Å². The van der Waals surface area contributed by atoms with Gasteiger partial charge in [-0.15, -0.1) is 11.3 Å². The van der Waals surface area contributed by atoms with Gasteiger partial charge in [-0.1, -0.05) is 133 Å². The minimum absolute atomic E-state index is 0.274. The molecule has 0 radical (unpaired) electrons. The molecule has 0 bridgehead atoms. The first-order valence-corrected chi connectivity index (χ1v) is 17.7. The molecule has 4 nitrogen and oxygen atoms in total. The number of aromatic nitrogens is 1. The molecule has 1 aliphatic rings. The highest BCUT2D eigenvalue weighted by Crippen LogP contribution is 2.42. The Morgan fingerprint density at radius 1 is 0.520 bits per heavy atom. The molecule has 5 heteroatoms. The summed E-state index contributed by atoms with van der Waals surface area (Å²) in [6, 6.07) is 60.3. The first kappa shape index (κ1) is 28.7. The number of amidine groups is 2. The van der Waals surface area contributed by atoms with Gasteiger partial charge in [-0.3, -0.25) is 0 Å². The fraction of sp³-hybridized carbons (Fsp3) is 0.0222. The fourth-order valence-corrected chi connectivity index (χ4v) is 8.52. The summed E-state index contributed by atoms with van der Waals surface area (Å²) >= 11 is 1.88. The number of nitrogens with one attached hydrogen (secondary N) is 1. The van der Waals surface area contributed by atoms with E-state index in [1.165, 1.54) is 53.1 Å². The molecule has 1 N–H and O–H groups in total. The highest BCUT2D eigenvalue weighted by atomic mass is 32.1. The van der Waals surface area contributed by atoms with Crippen LogP contribution in [0.5, 0.6) is 0 Å². The van der Waals surface area contributed by atoms with E-state index in [2.05, 4.69) is 143 Å². The smallest absolute Gasteiger partial charge is 0.159 e. The summed E-state index contributed by atoms with van der Waals surface area (Å²) in [4.78, 5) is 10.0. The average Bonchev–Trinajstić information content (AvgIpc) is 3.74. The Bertz CT molecular complexity index is 2770. The predicted octanol–water partition coefficient (Wildman–Crippen LogP) is 11.3. The van der Waals surface area contributed by atoms with Gasteiger partial charge in [-0.2, -0.15) is 0 Å². The third-order valence-corrected chi connectivity index (χ3v) is 10.9. The van der Waals surface area contributed by atoms with Gasteiger partial charge in [-0.25, -0.2) is 9.98 Å². The molecular formula is C45H30N4S. The van der Waals surface area contributed by atoms with E-state index in [0.717, 1.165) is 34.0 Å². The number of hydrogen-bond acceptors (Lipinski definition) is 4. The third-order valence-electron chi connectivity index (χ3n) is 9.68. The minimum atomic E-state index is -0.274. The third kappa shape index (κ3) is 4.74. The van der Waals surface area contributed by atoms with Crippen molar-refractivity contribution < 1.29 is 0 Å². The van der Waals surface area contributed by atoms with Crippen LogP contribution in [0.4, 0.5) is 0 Å². The number of thiophene rings is 1. The van der Waals surface area contributed by atoms with Crippen LogP contribution in [0, 0.1) is 0 Å². The quantitative estimate of drug-likeness (QED) is 0.196. The Morgan fingerprint density at radius 3 is 2.02 bits per heavy atom. The van der Waals surface area contributed by atoms with Gasteiger partial charge in [0.05, 0.1) is 11.0 Å². The molecule has 10 rings (SSSR count). The molecule has 0 aliphatic carbocycles. The van der Waals surface area contributed by atoms with Crippen molar-refractivity contribution in [2.24, 2.45) is 9.98 Å². The van der Waals surface area contributed by atoms with Gasteiger partial charge in [0.15, 0.2) is 5.84 Å². The second-order valence-electron chi connectivity index (χ2n) is 12.6. The Balaban J connectivity index is 1.06. The maximum Gasteiger partial charge on any atom is 0.159 e. The summed E-state index contributed by atoms with van der Waals surface area (Å²) in [5, 5.41) is 8.73. The first-order valence-electron chi connectivity index (χ1n) is 16.9. The van der Waals surface area contributed by atoms with E-state index < -0.39 is 0 Å². The Labute approximate surface area is 293 Å². The van der Waals surface area contributed by atoms with Crippen molar-refractivity contribution in [1.29, 1.82) is 0 Å². The van der Waals surface area contributed by atoms with Gasteiger partial charge in [0.1, 0.15) is 12.0 Å². The number of nitrogens with zero attached hydrogens (tertiary/aromatic N) is 3. The number of para-hydroxylation sites is 1. The van der Waals surface area contributed by atoms with Crippen LogP contribution in [-0.2, 0) is 0 Å². The fourth-order valence-electron chi connectivity index (χ4n) is 7.28. The molecule has 0 fully saturated rings. The van der Waals surface area contributed by atoms with Crippen molar-refractivity contribution in [1.82, 2.24) is 9.88 Å². The van der Waals surface area contributed by atoms with Gasteiger partial charge in [0, 0.05) is 47.8 Å². The molecule has 9 aromatic rings. The lowest BCUT2D eigenvalue weighted by molar-refractivity contribution is 0.674. The Kier molecular flexibility index (Phi) is 6.71. The normalized spacial score (nSPS) is 14.6. The summed E-state index contributed by atoms with van der Waals surface area (Å²) < 4.78 is 5.04. The molecule has 0 spiro atoms. The highest BCUT2D eigenvalue weighted by Gasteiger charge is 2.22. The van der Waals surface area contributed by atoms with Crippen LogP contribution in [0.25, 0.3) is 58.8 Å². The van der Waals surface area contributed by atoms with Crippen molar-refractivity contribution in [3.8, 4) is 16.8 Å². The molecule has 50 heavy (non-hydrogen) atoms. The summed E-state index contributed by atoms with van der Waals surface area (Å²) in [5.74, 6) is 1.54. The van der Waals surface area contributed by atoms with Crippen molar-refractivity contribution in [3.05, 3.63) is 187 Å². The van der Waals surface area contributed by atoms with Crippen LogP contribution in [0.1, 0.15) is 22.9 Å². The van der Waals surface area contributed by atoms with Gasteiger partial charge in [0.25, 0.3) is 0 Å². The summed E-state index contributed by atoms with van der Waals surface area (Å²) in [5.41, 5.74) is 9.10. The highest BCUT2D eigenvalue weighted by molar-refractivity contribution is 7.26. The van der Waals surface area contributed by atoms with Gasteiger partial charge in [-0.05, 0) is 53.1 Å². The summed E-state index contributed by atoms with van der Waals surface area (Å²) in [7, 11) is 0. The van der Waals surface area contributed by atoms with Crippen LogP contribution in [0.3, 0.4) is 0 Å². The zero-order chi connectivity index (χ0) is 33.0. The lowest BCUT2D eigenvalue weighted by Crippen LogP contribution is -2.33. The van der Waals surface area contributed by atoms with Crippen LogP contribution in [-0.4, -0.2) is 16.2 Å². The molecule has 3 heterocycles. The topological polar surface area (TPSA) is 41.7 Å².